The van der Waals surface area contributed by atoms with Crippen molar-refractivity contribution in [1.82, 2.24) is 5.06 Å². The van der Waals surface area contributed by atoms with Crippen LogP contribution in [0, 0.1) is 0 Å². The summed E-state index contributed by atoms with van der Waals surface area (Å²) in [7, 11) is 2.99. The molecule has 0 aliphatic rings. The summed E-state index contributed by atoms with van der Waals surface area (Å²) < 4.78 is 5.10. The standard InChI is InChI=1S/C9H17NO3/c1-4-5-6-7-13-8-9(11)10(2)12-3/h4H,1,5-8H2,2-3H3. The molecule has 0 saturated carbocycles. The molecule has 0 spiro atoms. The predicted molar refractivity (Wildman–Crippen MR) is 50.0 cm³/mol. The third-order valence-electron chi connectivity index (χ3n) is 1.55. The number of carbonyl (C=O) groups is 1. The molecule has 0 unspecified atom stereocenters. The zero-order chi connectivity index (χ0) is 10.1. The summed E-state index contributed by atoms with van der Waals surface area (Å²) in [5.41, 5.74) is 0. The molecule has 76 valence electrons. The number of hydroxylamine groups is 2. The van der Waals surface area contributed by atoms with Gasteiger partial charge in [-0.1, -0.05) is 6.08 Å². The van der Waals surface area contributed by atoms with Gasteiger partial charge < -0.3 is 4.74 Å². The second-order valence-corrected chi connectivity index (χ2v) is 2.56. The topological polar surface area (TPSA) is 38.8 Å². The van der Waals surface area contributed by atoms with E-state index in [0.29, 0.717) is 6.61 Å². The highest BCUT2D eigenvalue weighted by Gasteiger charge is 2.06. The number of likely N-dealkylation sites (N-methyl/N-ethyl adjacent to an activating group) is 1. The SMILES string of the molecule is C=CCCCOCC(=O)N(C)OC. The van der Waals surface area contributed by atoms with Crippen molar-refractivity contribution in [3.63, 3.8) is 0 Å². The number of ether oxygens (including phenoxy) is 1. The summed E-state index contributed by atoms with van der Waals surface area (Å²) in [4.78, 5) is 15.7. The van der Waals surface area contributed by atoms with Crippen molar-refractivity contribution in [3.8, 4) is 0 Å². The number of allylic oxidation sites excluding steroid dienone is 1. The molecule has 0 rings (SSSR count). The summed E-state index contributed by atoms with van der Waals surface area (Å²) in [5, 5.41) is 1.15. The van der Waals surface area contributed by atoms with E-state index in [1.54, 1.807) is 7.05 Å². The van der Waals surface area contributed by atoms with Crippen LogP contribution >= 0.6 is 0 Å². The monoisotopic (exact) mass is 187 g/mol. The predicted octanol–water partition coefficient (Wildman–Crippen LogP) is 0.989. The molecule has 0 atom stereocenters. The fourth-order valence-electron chi connectivity index (χ4n) is 0.682. The highest BCUT2D eigenvalue weighted by Crippen LogP contribution is 1.91. The largest absolute Gasteiger partial charge is 0.372 e. The van der Waals surface area contributed by atoms with Gasteiger partial charge in [0.1, 0.15) is 6.61 Å². The number of amides is 1. The van der Waals surface area contributed by atoms with Crippen LogP contribution in [0.15, 0.2) is 12.7 Å². The van der Waals surface area contributed by atoms with E-state index in [1.165, 1.54) is 7.11 Å². The van der Waals surface area contributed by atoms with Crippen molar-refractivity contribution in [3.05, 3.63) is 12.7 Å². The van der Waals surface area contributed by atoms with E-state index in [-0.39, 0.29) is 12.5 Å². The molecule has 1 amide bonds. The van der Waals surface area contributed by atoms with Crippen LogP contribution in [0.5, 0.6) is 0 Å². The summed E-state index contributed by atoms with van der Waals surface area (Å²) in [6.45, 7) is 4.23. The number of carbonyl (C=O) groups excluding carboxylic acids is 1. The fraction of sp³-hybridized carbons (Fsp3) is 0.667. The lowest BCUT2D eigenvalue weighted by Gasteiger charge is -2.13. The van der Waals surface area contributed by atoms with Gasteiger partial charge in [0.25, 0.3) is 5.91 Å². The van der Waals surface area contributed by atoms with E-state index < -0.39 is 0 Å². The normalized spacial score (nSPS) is 9.69. The fourth-order valence-corrected chi connectivity index (χ4v) is 0.682. The Labute approximate surface area is 79.1 Å². The highest BCUT2D eigenvalue weighted by atomic mass is 16.7. The smallest absolute Gasteiger partial charge is 0.271 e. The lowest BCUT2D eigenvalue weighted by atomic mass is 10.3. The van der Waals surface area contributed by atoms with Gasteiger partial charge in [-0.2, -0.15) is 0 Å². The van der Waals surface area contributed by atoms with Gasteiger partial charge in [0.15, 0.2) is 0 Å². The minimum atomic E-state index is -0.180. The van der Waals surface area contributed by atoms with Crippen molar-refractivity contribution in [1.29, 1.82) is 0 Å². The Bertz CT molecular complexity index is 159. The van der Waals surface area contributed by atoms with Crippen LogP contribution in [0.4, 0.5) is 0 Å². The van der Waals surface area contributed by atoms with Crippen molar-refractivity contribution in [2.75, 3.05) is 27.4 Å². The van der Waals surface area contributed by atoms with Gasteiger partial charge in [0.2, 0.25) is 0 Å². The third-order valence-corrected chi connectivity index (χ3v) is 1.55. The lowest BCUT2D eigenvalue weighted by molar-refractivity contribution is -0.173. The van der Waals surface area contributed by atoms with Crippen LogP contribution in [0.25, 0.3) is 0 Å². The number of nitrogens with zero attached hydrogens (tertiary/aromatic N) is 1. The van der Waals surface area contributed by atoms with E-state index in [2.05, 4.69) is 11.4 Å². The molecule has 0 radical (unpaired) electrons. The Balaban J connectivity index is 3.31. The van der Waals surface area contributed by atoms with Gasteiger partial charge in [0, 0.05) is 13.7 Å². The number of hydrogen-bond donors (Lipinski definition) is 0. The van der Waals surface area contributed by atoms with Crippen LogP contribution in [-0.2, 0) is 14.4 Å². The van der Waals surface area contributed by atoms with Crippen LogP contribution < -0.4 is 0 Å². The molecule has 0 fully saturated rings. The maximum absolute atomic E-state index is 11.1. The van der Waals surface area contributed by atoms with Gasteiger partial charge in [-0.25, -0.2) is 5.06 Å². The summed E-state index contributed by atoms with van der Waals surface area (Å²) in [6.07, 6.45) is 3.63. The van der Waals surface area contributed by atoms with E-state index in [0.717, 1.165) is 17.9 Å². The molecule has 0 heterocycles. The van der Waals surface area contributed by atoms with Gasteiger partial charge in [-0.3, -0.25) is 9.63 Å². The van der Waals surface area contributed by atoms with Crippen molar-refractivity contribution in [2.45, 2.75) is 12.8 Å². The average Bonchev–Trinajstić information content (AvgIpc) is 2.16. The maximum Gasteiger partial charge on any atom is 0.271 e. The first kappa shape index (κ1) is 12.1. The molecule has 0 aliphatic heterocycles. The number of rotatable bonds is 7. The molecule has 0 saturated heterocycles. The van der Waals surface area contributed by atoms with Gasteiger partial charge in [-0.05, 0) is 12.8 Å². The molecular formula is C9H17NO3. The minimum absolute atomic E-state index is 0.0709. The van der Waals surface area contributed by atoms with Gasteiger partial charge in [0.05, 0.1) is 7.11 Å². The van der Waals surface area contributed by atoms with Crippen LogP contribution in [-0.4, -0.2) is 38.3 Å². The van der Waals surface area contributed by atoms with Crippen molar-refractivity contribution >= 4 is 5.91 Å². The zero-order valence-corrected chi connectivity index (χ0v) is 8.28. The molecule has 0 N–H and O–H groups in total. The van der Waals surface area contributed by atoms with Gasteiger partial charge in [-0.15, -0.1) is 6.58 Å². The zero-order valence-electron chi connectivity index (χ0n) is 8.28. The molecule has 0 aromatic carbocycles. The van der Waals surface area contributed by atoms with Crippen LogP contribution in [0.3, 0.4) is 0 Å². The summed E-state index contributed by atoms with van der Waals surface area (Å²) >= 11 is 0. The number of hydrogen-bond acceptors (Lipinski definition) is 3. The molecular weight excluding hydrogens is 170 g/mol. The van der Waals surface area contributed by atoms with Crippen LogP contribution in [0.1, 0.15) is 12.8 Å². The average molecular weight is 187 g/mol. The highest BCUT2D eigenvalue weighted by molar-refractivity contribution is 5.75. The second-order valence-electron chi connectivity index (χ2n) is 2.56. The second kappa shape index (κ2) is 7.76. The van der Waals surface area contributed by atoms with Gasteiger partial charge >= 0.3 is 0 Å². The Morgan fingerprint density at radius 3 is 2.85 bits per heavy atom. The first-order valence-electron chi connectivity index (χ1n) is 4.21. The number of unbranched alkanes of at least 4 members (excludes halogenated alkanes) is 1. The molecule has 4 nitrogen and oxygen atoms in total. The molecule has 0 aliphatic carbocycles. The Morgan fingerprint density at radius 2 is 2.31 bits per heavy atom. The van der Waals surface area contributed by atoms with E-state index >= 15 is 0 Å². The third kappa shape index (κ3) is 6.31. The van der Waals surface area contributed by atoms with E-state index in [1.807, 2.05) is 6.08 Å². The van der Waals surface area contributed by atoms with E-state index in [9.17, 15) is 4.79 Å². The summed E-state index contributed by atoms with van der Waals surface area (Å²) in [6, 6.07) is 0. The quantitative estimate of drug-likeness (QED) is 0.339. The van der Waals surface area contributed by atoms with Crippen LogP contribution in [0.2, 0.25) is 0 Å². The van der Waals surface area contributed by atoms with E-state index in [4.69, 9.17) is 4.74 Å². The van der Waals surface area contributed by atoms with Crippen molar-refractivity contribution < 1.29 is 14.4 Å². The Kier molecular flexibility index (Phi) is 7.24. The maximum atomic E-state index is 11.1. The molecule has 13 heavy (non-hydrogen) atoms. The van der Waals surface area contributed by atoms with Crippen molar-refractivity contribution in [2.24, 2.45) is 0 Å². The lowest BCUT2D eigenvalue weighted by Crippen LogP contribution is -2.29. The minimum Gasteiger partial charge on any atom is -0.372 e. The molecule has 0 bridgehead atoms. The first-order valence-corrected chi connectivity index (χ1v) is 4.21. The summed E-state index contributed by atoms with van der Waals surface area (Å²) in [5.74, 6) is -0.180. The molecule has 0 aromatic heterocycles. The Morgan fingerprint density at radius 1 is 1.62 bits per heavy atom. The molecule has 4 heteroatoms. The molecule has 0 aromatic rings. The first-order chi connectivity index (χ1) is 6.22. The Hall–Kier alpha value is -0.870.